The highest BCUT2D eigenvalue weighted by atomic mass is 16.3. The molecule has 0 spiro atoms. The first kappa shape index (κ1) is 83.4. The Balaban J connectivity index is 1.63. The Morgan fingerprint density at radius 3 is 1.52 bits per heavy atom. The van der Waals surface area contributed by atoms with Crippen molar-refractivity contribution in [1.82, 2.24) is 65.8 Å². The lowest BCUT2D eigenvalue weighted by atomic mass is 9.98. The topological polar surface area (TPSA) is 328 Å². The van der Waals surface area contributed by atoms with Crippen LogP contribution in [0.4, 0.5) is 0 Å². The van der Waals surface area contributed by atoms with Crippen molar-refractivity contribution < 1.29 is 67.4 Å². The van der Waals surface area contributed by atoms with Gasteiger partial charge in [0.25, 0.3) is 0 Å². The number of nitrogens with zero attached hydrogens (tertiary/aromatic N) is 8. The number of likely N-dealkylation sites (N-methyl/N-ethyl adjacent to an activating group) is 7. The van der Waals surface area contributed by atoms with Crippen molar-refractivity contribution in [2.45, 2.75) is 200 Å². The molecule has 1 unspecified atom stereocenters. The molecule has 2 fully saturated rings. The van der Waals surface area contributed by atoms with Crippen LogP contribution in [0, 0.1) is 17.8 Å². The second-order valence-corrected chi connectivity index (χ2v) is 28.7. The minimum absolute atomic E-state index is 0.0128. The molecule has 0 radical (unpaired) electrons. The predicted molar refractivity (Wildman–Crippen MR) is 385 cm³/mol. The van der Waals surface area contributed by atoms with Gasteiger partial charge in [0.2, 0.25) is 76.8 Å². The van der Waals surface area contributed by atoms with E-state index in [0.29, 0.717) is 29.8 Å². The Morgan fingerprint density at radius 2 is 1.02 bits per heavy atom. The lowest BCUT2D eigenvalue weighted by molar-refractivity contribution is -0.152. The number of carbonyl (C=O) groups is 13. The van der Waals surface area contributed by atoms with E-state index in [2.05, 4.69) is 26.6 Å². The lowest BCUT2D eigenvalue weighted by Gasteiger charge is -2.38. The highest BCUT2D eigenvalue weighted by molar-refractivity contribution is 6.01. The summed E-state index contributed by atoms with van der Waals surface area (Å²) in [6.45, 7) is 16.5. The molecule has 3 aromatic carbocycles. The second-order valence-electron chi connectivity index (χ2n) is 28.7. The maximum absolute atomic E-state index is 15.7. The molecule has 6 N–H and O–H groups in total. The Labute approximate surface area is 601 Å². The van der Waals surface area contributed by atoms with Crippen LogP contribution in [0.1, 0.15) is 124 Å². The first-order chi connectivity index (χ1) is 48.0. The van der Waals surface area contributed by atoms with Crippen LogP contribution in [0.2, 0.25) is 0 Å². The van der Waals surface area contributed by atoms with Gasteiger partial charge in [-0.05, 0) is 94.2 Å². The molecule has 2 aliphatic heterocycles. The SMILES string of the molecule is CC(C)C[C@H]1C(=O)N[C@@H](C(C)C)C(=O)N[C@H](C(=O)N(C)C(Cc2ccccc2)C(=O)N(C)[C@@H](Cc2ccccc2)C(=O)N[C@@H](C)C(=O)N2CCCCC2)CC(=O)N[C@H](C)C(=O)N(C)[C@@H](C)C(=O)N(C)[C@@H](Cc2ccccc2)C(=O)N(C)[C@@H](CC(C)C)C(=O)N[C@@H]([C@@H](C)O)C(=O)N(C)CC(=O)N1C. The molecule has 27 nitrogen and oxygen atoms in total. The third-order valence-corrected chi connectivity index (χ3v) is 19.3. The quantitative estimate of drug-likeness (QED) is 0.100. The van der Waals surface area contributed by atoms with Crippen molar-refractivity contribution in [3.05, 3.63) is 108 Å². The molecule has 2 heterocycles. The third kappa shape index (κ3) is 22.9. The van der Waals surface area contributed by atoms with Crippen molar-refractivity contribution in [2.24, 2.45) is 17.8 Å². The lowest BCUT2D eigenvalue weighted by Crippen LogP contribution is -2.62. The number of benzene rings is 3. The average Bonchev–Trinajstić information content (AvgIpc) is 0.814. The van der Waals surface area contributed by atoms with Gasteiger partial charge in [-0.2, -0.15) is 0 Å². The van der Waals surface area contributed by atoms with Gasteiger partial charge < -0.3 is 70.9 Å². The molecule has 2 saturated heterocycles. The summed E-state index contributed by atoms with van der Waals surface area (Å²) in [5.41, 5.74) is 1.89. The Hall–Kier alpha value is -9.27. The smallest absolute Gasteiger partial charge is 0.248 e. The minimum atomic E-state index is -1.86. The Morgan fingerprint density at radius 1 is 0.539 bits per heavy atom. The van der Waals surface area contributed by atoms with Crippen LogP contribution >= 0.6 is 0 Å². The zero-order chi connectivity index (χ0) is 76.1. The van der Waals surface area contributed by atoms with Crippen molar-refractivity contribution in [1.29, 1.82) is 0 Å². The van der Waals surface area contributed by atoms with Crippen molar-refractivity contribution >= 4 is 76.8 Å². The fourth-order valence-electron chi connectivity index (χ4n) is 12.8. The van der Waals surface area contributed by atoms with E-state index in [-0.39, 0.29) is 49.8 Å². The summed E-state index contributed by atoms with van der Waals surface area (Å²) >= 11 is 0. The maximum atomic E-state index is 15.7. The molecule has 12 atom stereocenters. The number of amides is 13. The number of hydrogen-bond acceptors (Lipinski definition) is 14. The molecule has 102 heavy (non-hydrogen) atoms. The number of nitrogens with one attached hydrogen (secondary N) is 5. The normalized spacial score (nSPS) is 23.2. The van der Waals surface area contributed by atoms with Crippen LogP contribution in [0.5, 0.6) is 0 Å². The summed E-state index contributed by atoms with van der Waals surface area (Å²) in [5, 5.41) is 24.7. The first-order valence-electron chi connectivity index (χ1n) is 35.4. The van der Waals surface area contributed by atoms with Gasteiger partial charge in [-0.25, -0.2) is 0 Å². The maximum Gasteiger partial charge on any atom is 0.248 e. The second kappa shape index (κ2) is 38.7. The Bertz CT molecular complexity index is 3390. The van der Waals surface area contributed by atoms with Crippen molar-refractivity contribution in [3.8, 4) is 0 Å². The molecular weight excluding hydrogens is 1310 g/mol. The highest BCUT2D eigenvalue weighted by Crippen LogP contribution is 2.23. The predicted octanol–water partition coefficient (Wildman–Crippen LogP) is 2.16. The van der Waals surface area contributed by atoms with Crippen LogP contribution in [0.15, 0.2) is 91.0 Å². The highest BCUT2D eigenvalue weighted by Gasteiger charge is 2.44. The molecule has 3 aromatic rings. The molecule has 0 bridgehead atoms. The molecule has 0 aliphatic carbocycles. The number of likely N-dealkylation sites (tertiary alicyclic amines) is 1. The summed E-state index contributed by atoms with van der Waals surface area (Å²) < 4.78 is 0. The van der Waals surface area contributed by atoms with Gasteiger partial charge in [0.15, 0.2) is 0 Å². The molecule has 13 amide bonds. The van der Waals surface area contributed by atoms with Crippen LogP contribution < -0.4 is 26.6 Å². The summed E-state index contributed by atoms with van der Waals surface area (Å²) in [6, 6.07) is 11.1. The van der Waals surface area contributed by atoms with E-state index >= 15 is 19.2 Å². The van der Waals surface area contributed by atoms with E-state index in [1.54, 1.807) is 131 Å². The number of aliphatic hydroxyl groups excluding tert-OH is 1. The van der Waals surface area contributed by atoms with Crippen LogP contribution in [-0.4, -0.2) is 263 Å². The number of hydrogen-bond donors (Lipinski definition) is 6. The van der Waals surface area contributed by atoms with Crippen molar-refractivity contribution in [3.63, 3.8) is 0 Å². The zero-order valence-corrected chi connectivity index (χ0v) is 62.6. The summed E-state index contributed by atoms with van der Waals surface area (Å²) in [5.74, 6) is -11.3. The van der Waals surface area contributed by atoms with Gasteiger partial charge in [-0.15, -0.1) is 0 Å². The van der Waals surface area contributed by atoms with E-state index in [9.17, 15) is 48.3 Å². The van der Waals surface area contributed by atoms with Crippen molar-refractivity contribution in [2.75, 3.05) is 69.0 Å². The summed E-state index contributed by atoms with van der Waals surface area (Å²) in [6.07, 6.45) is 0.0597. The number of carbonyl (C=O) groups excluding carboxylic acids is 13. The van der Waals surface area contributed by atoms with Crippen LogP contribution in [0.25, 0.3) is 0 Å². The van der Waals surface area contributed by atoms with E-state index in [1.807, 2.05) is 13.8 Å². The fraction of sp³-hybridized carbons (Fsp3) is 0.587. The van der Waals surface area contributed by atoms with Gasteiger partial charge in [0.05, 0.1) is 19.1 Å². The van der Waals surface area contributed by atoms with E-state index in [1.165, 1.54) is 84.8 Å². The van der Waals surface area contributed by atoms with Gasteiger partial charge in [-0.3, -0.25) is 62.3 Å². The molecule has 2 aliphatic rings. The third-order valence-electron chi connectivity index (χ3n) is 19.3. The van der Waals surface area contributed by atoms with E-state index in [4.69, 9.17) is 0 Å². The number of rotatable bonds is 19. The van der Waals surface area contributed by atoms with Crippen LogP contribution in [-0.2, 0) is 81.6 Å². The minimum Gasteiger partial charge on any atom is -0.391 e. The van der Waals surface area contributed by atoms with E-state index < -0.39 is 162 Å². The van der Waals surface area contributed by atoms with Gasteiger partial charge in [-0.1, -0.05) is 133 Å². The molecule has 27 heteroatoms. The van der Waals surface area contributed by atoms with Gasteiger partial charge in [0.1, 0.15) is 66.5 Å². The monoisotopic (exact) mass is 1420 g/mol. The number of aliphatic hydroxyl groups is 1. The molecule has 0 aromatic heterocycles. The Kier molecular flexibility index (Phi) is 31.6. The molecule has 5 rings (SSSR count). The zero-order valence-electron chi connectivity index (χ0n) is 62.6. The molecule has 0 saturated carbocycles. The number of piperidine rings is 1. The fourth-order valence-corrected chi connectivity index (χ4v) is 12.8. The summed E-state index contributed by atoms with van der Waals surface area (Å²) in [7, 11) is 9.44. The first-order valence-corrected chi connectivity index (χ1v) is 35.4. The molecular formula is C75H111N13O14. The van der Waals surface area contributed by atoms with E-state index in [0.717, 1.165) is 38.9 Å². The largest absolute Gasteiger partial charge is 0.391 e. The summed E-state index contributed by atoms with van der Waals surface area (Å²) in [4.78, 5) is 202. The van der Waals surface area contributed by atoms with Crippen LogP contribution in [0.3, 0.4) is 0 Å². The van der Waals surface area contributed by atoms with Gasteiger partial charge in [0, 0.05) is 81.7 Å². The van der Waals surface area contributed by atoms with Gasteiger partial charge >= 0.3 is 0 Å². The standard InChI is InChI=1S/C75H111N13O14/c1-45(2)38-56-66(93)79-63(47(5)6)68(95)78-55(72(99)87(17)60(42-54-34-26-20-27-35-54)74(101)85(15)58(40-52-30-22-18-23-31-52)65(92)77-49(8)70(97)88-36-28-21-29-37-88)43-61(90)76-48(7)69(96)82(12)50(9)71(98)86(16)59(41-53-32-24-19-25-33-53)73(100)84(14)57(39-46(3)4)67(94)80-64(51(10)89)75(102)81(11)44-62(91)83(56)13/h18-20,22-27,30-35,45-51,55-60,63-64,89H,21,28-29,36-44H2,1-17H3,(H,76,90)(H,77,92)(H,78,95)(H,79,93)(H,80,94)/t48-,49+,50+,51-,55+,56+,57+,58+,59+,60?,63+,64+/m1/s1. The molecule has 560 valence electrons. The average molecular weight is 1420 g/mol.